The zero-order valence-corrected chi connectivity index (χ0v) is 18.1. The molecule has 0 unspecified atom stereocenters. The van der Waals surface area contributed by atoms with Crippen LogP contribution in [0.15, 0.2) is 91.1 Å². The molecule has 1 aliphatic rings. The summed E-state index contributed by atoms with van der Waals surface area (Å²) in [4.78, 5) is 4.73. The number of hydrogen-bond donors (Lipinski definition) is 0. The minimum Gasteiger partial charge on any atom is -0.294 e. The van der Waals surface area contributed by atoms with E-state index >= 15 is 0 Å². The molecule has 0 N–H and O–H groups in total. The fourth-order valence-electron chi connectivity index (χ4n) is 4.60. The molecule has 0 aliphatic carbocycles. The van der Waals surface area contributed by atoms with Gasteiger partial charge in [0.25, 0.3) is 11.4 Å². The van der Waals surface area contributed by atoms with Crippen LogP contribution >= 0.6 is 0 Å². The first-order valence-electron chi connectivity index (χ1n) is 11.2. The van der Waals surface area contributed by atoms with Crippen molar-refractivity contribution < 1.29 is 4.58 Å². The predicted molar refractivity (Wildman–Crippen MR) is 131 cm³/mol. The molecule has 0 fully saturated rings. The molecule has 0 radical (unpaired) electrons. The summed E-state index contributed by atoms with van der Waals surface area (Å²) in [6.45, 7) is 3.20. The van der Waals surface area contributed by atoms with E-state index < -0.39 is 0 Å². The van der Waals surface area contributed by atoms with Crippen LogP contribution in [0.4, 0.5) is 17.1 Å². The molecule has 2 aromatic heterocycles. The summed E-state index contributed by atoms with van der Waals surface area (Å²) < 4.78 is 6.69. The number of hydrogen-bond acceptors (Lipinski definition) is 1. The van der Waals surface area contributed by atoms with E-state index in [4.69, 9.17) is 4.98 Å². The lowest BCUT2D eigenvalue weighted by Gasteiger charge is -2.06. The van der Waals surface area contributed by atoms with Crippen molar-refractivity contribution in [1.82, 2.24) is 14.1 Å². The van der Waals surface area contributed by atoms with Gasteiger partial charge in [0, 0.05) is 53.3 Å². The molecule has 5 aromatic rings. The average Bonchev–Trinajstić information content (AvgIpc) is 3.39. The Kier molecular flexibility index (Phi) is 4.45. The Bertz CT molecular complexity index is 1540. The zero-order chi connectivity index (χ0) is 21.5. The standard InChI is InChI=1S/C28H24N4/c1-2-3-18-30-20-31(26-14-8-7-13-25(26)30)22-15-16-23-24-12-9-17-29-28(24)32(27(23)19-22)21-10-5-4-6-11-21/h4-17,19H,2-3,18H2,1H3/q+2. The summed E-state index contributed by atoms with van der Waals surface area (Å²) >= 11 is 0. The van der Waals surface area contributed by atoms with Gasteiger partial charge in [-0.15, -0.1) is 0 Å². The van der Waals surface area contributed by atoms with Crippen molar-refractivity contribution in [2.75, 3.05) is 6.54 Å². The number of aromatic nitrogens is 2. The highest BCUT2D eigenvalue weighted by Crippen LogP contribution is 2.37. The summed E-state index contributed by atoms with van der Waals surface area (Å²) in [5.41, 5.74) is 6.72. The molecule has 0 saturated heterocycles. The molecule has 6 rings (SSSR count). The number of fused-ring (bicyclic) bond motifs is 4. The third kappa shape index (κ3) is 2.89. The van der Waals surface area contributed by atoms with Crippen molar-refractivity contribution in [3.8, 4) is 5.69 Å². The molecule has 0 bridgehead atoms. The molecule has 0 amide bonds. The van der Waals surface area contributed by atoms with Gasteiger partial charge in [0.05, 0.1) is 5.52 Å². The Labute approximate surface area is 187 Å². The molecule has 1 aliphatic heterocycles. The van der Waals surface area contributed by atoms with Crippen molar-refractivity contribution in [1.29, 1.82) is 0 Å². The fourth-order valence-corrected chi connectivity index (χ4v) is 4.60. The van der Waals surface area contributed by atoms with Crippen molar-refractivity contribution in [3.63, 3.8) is 0 Å². The number of pyridine rings is 1. The molecule has 0 atom stereocenters. The van der Waals surface area contributed by atoms with E-state index in [0.29, 0.717) is 0 Å². The highest BCUT2D eigenvalue weighted by atomic mass is 15.2. The van der Waals surface area contributed by atoms with Crippen LogP contribution < -0.4 is 4.58 Å². The van der Waals surface area contributed by atoms with Crippen molar-refractivity contribution >= 4 is 45.0 Å². The smallest absolute Gasteiger partial charge is 0.294 e. The minimum absolute atomic E-state index is 0.973. The largest absolute Gasteiger partial charge is 0.496 e. The van der Waals surface area contributed by atoms with Crippen molar-refractivity contribution in [2.24, 2.45) is 0 Å². The van der Waals surface area contributed by atoms with Crippen LogP contribution in [0.3, 0.4) is 0 Å². The van der Waals surface area contributed by atoms with E-state index in [1.807, 2.05) is 18.3 Å². The molecule has 4 heteroatoms. The SMILES string of the molecule is CCCC[N+]1=C=[N+](c2ccc3c4cccnc4n(-c4ccccc4)c3c2)c2ccccc21. The van der Waals surface area contributed by atoms with Gasteiger partial charge in [0.1, 0.15) is 5.65 Å². The summed E-state index contributed by atoms with van der Waals surface area (Å²) in [6, 6.07) is 33.5. The number of unbranched alkanes of at least 4 members (excludes halogenated alkanes) is 1. The monoisotopic (exact) mass is 416 g/mol. The van der Waals surface area contributed by atoms with Gasteiger partial charge in [0.2, 0.25) is 5.69 Å². The minimum atomic E-state index is 0.973. The summed E-state index contributed by atoms with van der Waals surface area (Å²) in [5, 5.41) is 2.37. The van der Waals surface area contributed by atoms with Crippen molar-refractivity contribution in [3.05, 3.63) is 91.1 Å². The molecule has 3 heterocycles. The Balaban J connectivity index is 1.61. The Morgan fingerprint density at radius 2 is 1.66 bits per heavy atom. The van der Waals surface area contributed by atoms with E-state index in [1.165, 1.54) is 16.8 Å². The van der Waals surface area contributed by atoms with E-state index in [2.05, 4.69) is 99.4 Å². The van der Waals surface area contributed by atoms with E-state index in [0.717, 1.165) is 47.3 Å². The van der Waals surface area contributed by atoms with Gasteiger partial charge < -0.3 is 0 Å². The number of benzene rings is 3. The molecule has 0 spiro atoms. The lowest BCUT2D eigenvalue weighted by atomic mass is 10.1. The van der Waals surface area contributed by atoms with Gasteiger partial charge in [-0.25, -0.2) is 4.98 Å². The van der Waals surface area contributed by atoms with Gasteiger partial charge in [-0.3, -0.25) is 4.57 Å². The second-order valence-corrected chi connectivity index (χ2v) is 8.18. The number of rotatable bonds is 5. The first-order chi connectivity index (χ1) is 15.8. The van der Waals surface area contributed by atoms with Gasteiger partial charge in [-0.05, 0) is 34.9 Å². The van der Waals surface area contributed by atoms with Crippen LogP contribution in [0.25, 0.3) is 27.6 Å². The molecule has 32 heavy (non-hydrogen) atoms. The van der Waals surface area contributed by atoms with E-state index in [-0.39, 0.29) is 0 Å². The lowest BCUT2D eigenvalue weighted by molar-refractivity contribution is -0.431. The van der Waals surface area contributed by atoms with Crippen LogP contribution in [0.1, 0.15) is 19.8 Å². The van der Waals surface area contributed by atoms with Crippen LogP contribution in [0, 0.1) is 0 Å². The maximum absolute atomic E-state index is 4.73. The quantitative estimate of drug-likeness (QED) is 0.294. The average molecular weight is 417 g/mol. The summed E-state index contributed by atoms with van der Waals surface area (Å²) in [7, 11) is 0. The molecule has 0 saturated carbocycles. The Morgan fingerprint density at radius 3 is 2.50 bits per heavy atom. The third-order valence-electron chi connectivity index (χ3n) is 6.15. The predicted octanol–water partition coefficient (Wildman–Crippen LogP) is 6.65. The van der Waals surface area contributed by atoms with Crippen LogP contribution in [-0.4, -0.2) is 26.7 Å². The maximum atomic E-state index is 4.73. The highest BCUT2D eigenvalue weighted by Gasteiger charge is 2.34. The zero-order valence-electron chi connectivity index (χ0n) is 18.1. The Hall–Kier alpha value is -4.01. The van der Waals surface area contributed by atoms with Crippen LogP contribution in [0.2, 0.25) is 0 Å². The maximum Gasteiger partial charge on any atom is 0.496 e. The molecular weight excluding hydrogens is 392 g/mol. The number of para-hydroxylation sites is 3. The van der Waals surface area contributed by atoms with E-state index in [9.17, 15) is 0 Å². The first-order valence-corrected chi connectivity index (χ1v) is 11.2. The topological polar surface area (TPSA) is 23.8 Å². The second-order valence-electron chi connectivity index (χ2n) is 8.18. The fraction of sp³-hybridized carbons (Fsp3) is 0.143. The number of nitrogens with zero attached hydrogens (tertiary/aromatic N) is 4. The van der Waals surface area contributed by atoms with Gasteiger partial charge in [-0.1, -0.05) is 48.3 Å². The summed E-state index contributed by atoms with van der Waals surface area (Å²) in [6.07, 6.45) is 4.17. The van der Waals surface area contributed by atoms with Crippen molar-refractivity contribution in [2.45, 2.75) is 19.8 Å². The van der Waals surface area contributed by atoms with E-state index in [1.54, 1.807) is 0 Å². The molecule has 3 aromatic carbocycles. The second kappa shape index (κ2) is 7.60. The van der Waals surface area contributed by atoms with Gasteiger partial charge in [-0.2, -0.15) is 0 Å². The van der Waals surface area contributed by atoms with Gasteiger partial charge in [0.15, 0.2) is 6.54 Å². The molecular formula is C28H24N4+2. The normalized spacial score (nSPS) is 12.8. The summed E-state index contributed by atoms with van der Waals surface area (Å²) in [5.74, 6) is 0. The van der Waals surface area contributed by atoms with Gasteiger partial charge >= 0.3 is 6.01 Å². The first kappa shape index (κ1) is 18.7. The highest BCUT2D eigenvalue weighted by molar-refractivity contribution is 6.08. The Morgan fingerprint density at radius 1 is 0.844 bits per heavy atom. The lowest BCUT2D eigenvalue weighted by Crippen LogP contribution is -2.04. The van der Waals surface area contributed by atoms with Crippen LogP contribution in [-0.2, 0) is 0 Å². The molecule has 154 valence electrons. The third-order valence-corrected chi connectivity index (χ3v) is 6.15. The van der Waals surface area contributed by atoms with Crippen LogP contribution in [0.5, 0.6) is 0 Å². The molecule has 4 nitrogen and oxygen atoms in total.